The van der Waals surface area contributed by atoms with Gasteiger partial charge in [0.1, 0.15) is 0 Å². The van der Waals surface area contributed by atoms with Gasteiger partial charge in [-0.1, -0.05) is 24.3 Å². The number of hydrogen-bond donors (Lipinski definition) is 0. The van der Waals surface area contributed by atoms with Crippen molar-refractivity contribution >= 4 is 11.6 Å². The second-order valence-electron chi connectivity index (χ2n) is 5.25. The number of hydrogen-bond acceptors (Lipinski definition) is 2. The van der Waals surface area contributed by atoms with Crippen LogP contribution in [-0.2, 0) is 11.2 Å². The van der Waals surface area contributed by atoms with E-state index in [9.17, 15) is 0 Å². The molecule has 2 aliphatic rings. The molecule has 18 heavy (non-hydrogen) atoms. The average molecular weight is 266 g/mol. The van der Waals surface area contributed by atoms with E-state index in [0.717, 1.165) is 25.5 Å². The number of likely N-dealkylation sites (tertiary alicyclic amines) is 1. The third kappa shape index (κ3) is 2.42. The number of ether oxygens (including phenoxy) is 1. The van der Waals surface area contributed by atoms with Crippen LogP contribution in [0.4, 0.5) is 0 Å². The second-order valence-corrected chi connectivity index (χ2v) is 5.56. The van der Waals surface area contributed by atoms with Crippen molar-refractivity contribution in [3.63, 3.8) is 0 Å². The molecule has 98 valence electrons. The van der Waals surface area contributed by atoms with Gasteiger partial charge in [0.25, 0.3) is 0 Å². The van der Waals surface area contributed by atoms with Crippen LogP contribution in [0.15, 0.2) is 24.3 Å². The van der Waals surface area contributed by atoms with Gasteiger partial charge in [-0.2, -0.15) is 0 Å². The first-order valence-corrected chi connectivity index (χ1v) is 7.41. The Balaban J connectivity index is 1.74. The smallest absolute Gasteiger partial charge is 0.0954 e. The van der Waals surface area contributed by atoms with Gasteiger partial charge >= 0.3 is 0 Å². The molecule has 0 aromatic heterocycles. The molecule has 2 unspecified atom stereocenters. The maximum Gasteiger partial charge on any atom is 0.0954 e. The fraction of sp³-hybridized carbons (Fsp3) is 0.600. The van der Waals surface area contributed by atoms with E-state index < -0.39 is 0 Å². The Morgan fingerprint density at radius 2 is 2.22 bits per heavy atom. The van der Waals surface area contributed by atoms with Crippen LogP contribution >= 0.6 is 11.6 Å². The number of rotatable bonds is 3. The molecule has 1 fully saturated rings. The van der Waals surface area contributed by atoms with E-state index in [-0.39, 0.29) is 6.10 Å². The van der Waals surface area contributed by atoms with Crippen LogP contribution in [-0.4, -0.2) is 36.5 Å². The van der Waals surface area contributed by atoms with Crippen molar-refractivity contribution in [2.75, 3.05) is 25.6 Å². The lowest BCUT2D eigenvalue weighted by atomic mass is 9.97. The molecule has 2 heterocycles. The zero-order valence-corrected chi connectivity index (χ0v) is 11.4. The van der Waals surface area contributed by atoms with Crippen LogP contribution in [0.1, 0.15) is 30.1 Å². The topological polar surface area (TPSA) is 12.5 Å². The first-order chi connectivity index (χ1) is 8.88. The largest absolute Gasteiger partial charge is 0.372 e. The summed E-state index contributed by atoms with van der Waals surface area (Å²) in [6.45, 7) is 3.01. The molecule has 2 nitrogen and oxygen atoms in total. The fourth-order valence-electron chi connectivity index (χ4n) is 3.15. The Kier molecular flexibility index (Phi) is 3.88. The Labute approximate surface area is 114 Å². The molecule has 1 aromatic carbocycles. The standard InChI is InChI=1S/C15H20ClNO/c16-10-13-5-3-8-17(13)11-15-14-6-2-1-4-12(14)7-9-18-15/h1-2,4,6,13,15H,3,5,7-11H2. The summed E-state index contributed by atoms with van der Waals surface area (Å²) in [6.07, 6.45) is 3.79. The highest BCUT2D eigenvalue weighted by atomic mass is 35.5. The monoisotopic (exact) mass is 265 g/mol. The van der Waals surface area contributed by atoms with Gasteiger partial charge in [0, 0.05) is 18.5 Å². The Morgan fingerprint density at radius 3 is 3.11 bits per heavy atom. The van der Waals surface area contributed by atoms with Crippen LogP contribution in [0.3, 0.4) is 0 Å². The maximum absolute atomic E-state index is 6.04. The lowest BCUT2D eigenvalue weighted by Gasteiger charge is -2.31. The van der Waals surface area contributed by atoms with Gasteiger partial charge in [-0.05, 0) is 36.9 Å². The number of nitrogens with zero attached hydrogens (tertiary/aromatic N) is 1. The van der Waals surface area contributed by atoms with Crippen LogP contribution in [0.25, 0.3) is 0 Å². The Hall–Kier alpha value is -0.570. The zero-order valence-electron chi connectivity index (χ0n) is 10.6. The fourth-order valence-corrected chi connectivity index (χ4v) is 3.50. The van der Waals surface area contributed by atoms with E-state index >= 15 is 0 Å². The van der Waals surface area contributed by atoms with Crippen LogP contribution in [0.2, 0.25) is 0 Å². The van der Waals surface area contributed by atoms with Crippen molar-refractivity contribution in [1.29, 1.82) is 0 Å². The predicted octanol–water partition coefficient (Wildman–Crippen LogP) is 3.00. The molecular weight excluding hydrogens is 246 g/mol. The molecule has 0 saturated carbocycles. The van der Waals surface area contributed by atoms with Gasteiger partial charge in [-0.3, -0.25) is 4.90 Å². The van der Waals surface area contributed by atoms with Crippen molar-refractivity contribution < 1.29 is 4.74 Å². The number of alkyl halides is 1. The minimum atomic E-state index is 0.235. The van der Waals surface area contributed by atoms with Gasteiger partial charge in [0.2, 0.25) is 0 Å². The molecule has 1 saturated heterocycles. The molecule has 0 amide bonds. The minimum absolute atomic E-state index is 0.235. The Morgan fingerprint density at radius 1 is 1.33 bits per heavy atom. The molecule has 2 aliphatic heterocycles. The third-order valence-electron chi connectivity index (χ3n) is 4.17. The lowest BCUT2D eigenvalue weighted by Crippen LogP contribution is -2.36. The van der Waals surface area contributed by atoms with E-state index in [1.165, 1.54) is 30.5 Å². The second kappa shape index (κ2) is 5.60. The summed E-state index contributed by atoms with van der Waals surface area (Å²) in [5, 5.41) is 0. The summed E-state index contributed by atoms with van der Waals surface area (Å²) < 4.78 is 5.97. The summed E-state index contributed by atoms with van der Waals surface area (Å²) in [6, 6.07) is 9.23. The predicted molar refractivity (Wildman–Crippen MR) is 74.2 cm³/mol. The van der Waals surface area contributed by atoms with Gasteiger partial charge in [0.05, 0.1) is 12.7 Å². The van der Waals surface area contributed by atoms with Gasteiger partial charge < -0.3 is 4.74 Å². The molecule has 1 aromatic rings. The molecule has 3 heteroatoms. The summed E-state index contributed by atoms with van der Waals surface area (Å²) >= 11 is 6.04. The molecule has 0 spiro atoms. The first-order valence-electron chi connectivity index (χ1n) is 6.88. The highest BCUT2D eigenvalue weighted by Gasteiger charge is 2.29. The van der Waals surface area contributed by atoms with Crippen LogP contribution in [0, 0.1) is 0 Å². The molecule has 0 radical (unpaired) electrons. The van der Waals surface area contributed by atoms with E-state index in [4.69, 9.17) is 16.3 Å². The normalized spacial score (nSPS) is 28.3. The Bertz CT molecular complexity index is 409. The molecular formula is C15H20ClNO. The maximum atomic E-state index is 6.04. The van der Waals surface area contributed by atoms with Crippen molar-refractivity contribution in [2.24, 2.45) is 0 Å². The zero-order chi connectivity index (χ0) is 12.4. The SMILES string of the molecule is ClCC1CCCN1CC1OCCc2ccccc21. The summed E-state index contributed by atoms with van der Waals surface area (Å²) in [7, 11) is 0. The number of benzene rings is 1. The van der Waals surface area contributed by atoms with Crippen LogP contribution < -0.4 is 0 Å². The molecule has 3 rings (SSSR count). The van der Waals surface area contributed by atoms with Crippen molar-refractivity contribution in [3.05, 3.63) is 35.4 Å². The van der Waals surface area contributed by atoms with Crippen molar-refractivity contribution in [1.82, 2.24) is 4.90 Å². The quantitative estimate of drug-likeness (QED) is 0.779. The van der Waals surface area contributed by atoms with Crippen molar-refractivity contribution in [2.45, 2.75) is 31.4 Å². The summed E-state index contributed by atoms with van der Waals surface area (Å²) in [5.41, 5.74) is 2.83. The highest BCUT2D eigenvalue weighted by Crippen LogP contribution is 2.30. The van der Waals surface area contributed by atoms with Crippen molar-refractivity contribution in [3.8, 4) is 0 Å². The number of fused-ring (bicyclic) bond motifs is 1. The first kappa shape index (κ1) is 12.5. The van der Waals surface area contributed by atoms with E-state index in [1.807, 2.05) is 0 Å². The lowest BCUT2D eigenvalue weighted by molar-refractivity contribution is 0.0147. The van der Waals surface area contributed by atoms with Crippen LogP contribution in [0.5, 0.6) is 0 Å². The van der Waals surface area contributed by atoms with Gasteiger partial charge in [0.15, 0.2) is 0 Å². The molecule has 2 atom stereocenters. The van der Waals surface area contributed by atoms with Gasteiger partial charge in [-0.25, -0.2) is 0 Å². The number of halogens is 1. The molecule has 0 bridgehead atoms. The molecule has 0 aliphatic carbocycles. The van der Waals surface area contributed by atoms with E-state index in [2.05, 4.69) is 29.2 Å². The minimum Gasteiger partial charge on any atom is -0.372 e. The summed E-state index contributed by atoms with van der Waals surface area (Å²) in [5.74, 6) is 0.744. The summed E-state index contributed by atoms with van der Waals surface area (Å²) in [4.78, 5) is 2.50. The average Bonchev–Trinajstić information content (AvgIpc) is 2.86. The molecule has 0 N–H and O–H groups in total. The third-order valence-corrected chi connectivity index (χ3v) is 4.53. The van der Waals surface area contributed by atoms with Gasteiger partial charge in [-0.15, -0.1) is 11.6 Å². The van der Waals surface area contributed by atoms with E-state index in [1.54, 1.807) is 0 Å². The highest BCUT2D eigenvalue weighted by molar-refractivity contribution is 6.18. The van der Waals surface area contributed by atoms with E-state index in [0.29, 0.717) is 6.04 Å².